The smallest absolute Gasteiger partial charge is 0.0779 e. The molecule has 1 heterocycles. The van der Waals surface area contributed by atoms with Crippen molar-refractivity contribution >= 4 is 0 Å². The molecule has 1 aromatic heterocycles. The van der Waals surface area contributed by atoms with Gasteiger partial charge in [-0.15, -0.1) is 0 Å². The summed E-state index contributed by atoms with van der Waals surface area (Å²) < 4.78 is 6.02. The molecule has 0 saturated heterocycles. The van der Waals surface area contributed by atoms with Crippen molar-refractivity contribution in [3.63, 3.8) is 0 Å². The van der Waals surface area contributed by atoms with Gasteiger partial charge in [-0.05, 0) is 43.0 Å². The van der Waals surface area contributed by atoms with E-state index in [9.17, 15) is 0 Å². The molecule has 19 heavy (non-hydrogen) atoms. The molecule has 0 aliphatic heterocycles. The Bertz CT molecular complexity index is 346. The van der Waals surface area contributed by atoms with E-state index in [-0.39, 0.29) is 11.5 Å². The molecule has 0 aliphatic rings. The fourth-order valence-corrected chi connectivity index (χ4v) is 2.47. The van der Waals surface area contributed by atoms with Crippen LogP contribution in [0.2, 0.25) is 0 Å². The van der Waals surface area contributed by atoms with E-state index < -0.39 is 0 Å². The van der Waals surface area contributed by atoms with Gasteiger partial charge >= 0.3 is 0 Å². The molecule has 0 saturated carbocycles. The van der Waals surface area contributed by atoms with E-state index in [1.807, 2.05) is 12.4 Å². The Balaban J connectivity index is 2.84. The summed E-state index contributed by atoms with van der Waals surface area (Å²) in [5.74, 6) is 0. The number of ether oxygens (including phenoxy) is 1. The second-order valence-corrected chi connectivity index (χ2v) is 5.97. The standard InChI is InChI=1S/C16H28N2O/c1-6-18-14(12-13-8-10-17-11-9-13)15(19-7-2)16(3,4)5/h8-11,14-15,18H,6-7,12H2,1-5H3. The van der Waals surface area contributed by atoms with Crippen LogP contribution in [-0.4, -0.2) is 30.3 Å². The lowest BCUT2D eigenvalue weighted by Gasteiger charge is -2.37. The molecule has 0 amide bonds. The number of hydrogen-bond donors (Lipinski definition) is 1. The van der Waals surface area contributed by atoms with Crippen LogP contribution in [0.15, 0.2) is 24.5 Å². The highest BCUT2D eigenvalue weighted by Crippen LogP contribution is 2.26. The van der Waals surface area contributed by atoms with Gasteiger partial charge in [-0.25, -0.2) is 0 Å². The van der Waals surface area contributed by atoms with Crippen molar-refractivity contribution in [3.05, 3.63) is 30.1 Å². The Morgan fingerprint density at radius 1 is 1.21 bits per heavy atom. The summed E-state index contributed by atoms with van der Waals surface area (Å²) in [6, 6.07) is 4.48. The van der Waals surface area contributed by atoms with Gasteiger partial charge in [-0.1, -0.05) is 27.7 Å². The second kappa shape index (κ2) is 7.61. The highest BCUT2D eigenvalue weighted by Gasteiger charge is 2.32. The third kappa shape index (κ3) is 5.29. The lowest BCUT2D eigenvalue weighted by atomic mass is 9.82. The van der Waals surface area contributed by atoms with Gasteiger partial charge in [0, 0.05) is 25.0 Å². The van der Waals surface area contributed by atoms with Gasteiger partial charge in [-0.3, -0.25) is 4.98 Å². The number of nitrogens with zero attached hydrogens (tertiary/aromatic N) is 1. The van der Waals surface area contributed by atoms with Crippen molar-refractivity contribution in [2.75, 3.05) is 13.2 Å². The van der Waals surface area contributed by atoms with Crippen LogP contribution in [0.4, 0.5) is 0 Å². The number of rotatable bonds is 7. The van der Waals surface area contributed by atoms with Crippen LogP contribution in [0, 0.1) is 5.41 Å². The van der Waals surface area contributed by atoms with Crippen LogP contribution in [-0.2, 0) is 11.2 Å². The van der Waals surface area contributed by atoms with Crippen molar-refractivity contribution in [3.8, 4) is 0 Å². The van der Waals surface area contributed by atoms with Gasteiger partial charge in [0.1, 0.15) is 0 Å². The van der Waals surface area contributed by atoms with Crippen molar-refractivity contribution in [1.82, 2.24) is 10.3 Å². The first-order chi connectivity index (χ1) is 8.99. The molecule has 0 radical (unpaired) electrons. The number of pyridine rings is 1. The zero-order chi connectivity index (χ0) is 14.3. The molecule has 0 aliphatic carbocycles. The average Bonchev–Trinajstić information content (AvgIpc) is 2.35. The Morgan fingerprint density at radius 3 is 2.32 bits per heavy atom. The van der Waals surface area contributed by atoms with Crippen molar-refractivity contribution in [1.29, 1.82) is 0 Å². The summed E-state index contributed by atoms with van der Waals surface area (Å²) in [5.41, 5.74) is 1.42. The molecule has 1 aromatic rings. The first-order valence-corrected chi connectivity index (χ1v) is 7.23. The number of hydrogen-bond acceptors (Lipinski definition) is 3. The predicted octanol–water partition coefficient (Wildman–Crippen LogP) is 3.05. The zero-order valence-electron chi connectivity index (χ0n) is 12.9. The van der Waals surface area contributed by atoms with E-state index in [1.165, 1.54) is 5.56 Å². The van der Waals surface area contributed by atoms with Crippen LogP contribution in [0.25, 0.3) is 0 Å². The maximum Gasteiger partial charge on any atom is 0.0779 e. The topological polar surface area (TPSA) is 34.2 Å². The van der Waals surface area contributed by atoms with Gasteiger partial charge in [0.15, 0.2) is 0 Å². The maximum absolute atomic E-state index is 6.02. The van der Waals surface area contributed by atoms with Crippen LogP contribution in [0.3, 0.4) is 0 Å². The second-order valence-electron chi connectivity index (χ2n) is 5.97. The lowest BCUT2D eigenvalue weighted by molar-refractivity contribution is -0.0352. The number of aromatic nitrogens is 1. The van der Waals surface area contributed by atoms with E-state index in [1.54, 1.807) is 0 Å². The molecule has 0 fully saturated rings. The SMILES string of the molecule is CCNC(Cc1ccncc1)C(OCC)C(C)(C)C. The predicted molar refractivity (Wildman–Crippen MR) is 80.3 cm³/mol. The Kier molecular flexibility index (Phi) is 6.46. The normalized spacial score (nSPS) is 15.2. The zero-order valence-corrected chi connectivity index (χ0v) is 12.9. The minimum atomic E-state index is 0.121. The fraction of sp³-hybridized carbons (Fsp3) is 0.688. The Labute approximate surface area is 117 Å². The summed E-state index contributed by atoms with van der Waals surface area (Å²) in [6.07, 6.45) is 4.87. The molecule has 3 nitrogen and oxygen atoms in total. The average molecular weight is 264 g/mol. The first-order valence-electron chi connectivity index (χ1n) is 7.23. The van der Waals surface area contributed by atoms with Gasteiger partial charge < -0.3 is 10.1 Å². The van der Waals surface area contributed by atoms with Crippen molar-refractivity contribution < 1.29 is 4.74 Å². The summed E-state index contributed by atoms with van der Waals surface area (Å²) in [4.78, 5) is 4.08. The van der Waals surface area contributed by atoms with Gasteiger partial charge in [0.2, 0.25) is 0 Å². The highest BCUT2D eigenvalue weighted by molar-refractivity contribution is 5.12. The Hall–Kier alpha value is -0.930. The number of likely N-dealkylation sites (N-methyl/N-ethyl adjacent to an activating group) is 1. The minimum absolute atomic E-state index is 0.121. The Morgan fingerprint density at radius 2 is 1.84 bits per heavy atom. The molecule has 0 spiro atoms. The van der Waals surface area contributed by atoms with Crippen LogP contribution in [0.1, 0.15) is 40.2 Å². The molecule has 1 N–H and O–H groups in total. The van der Waals surface area contributed by atoms with E-state index >= 15 is 0 Å². The molecule has 1 rings (SSSR count). The molecular weight excluding hydrogens is 236 g/mol. The van der Waals surface area contributed by atoms with Crippen molar-refractivity contribution in [2.45, 2.75) is 53.2 Å². The molecule has 0 bridgehead atoms. The summed E-state index contributed by atoms with van der Waals surface area (Å²) in [6.45, 7) is 12.6. The van der Waals surface area contributed by atoms with Gasteiger partial charge in [-0.2, -0.15) is 0 Å². The molecule has 108 valence electrons. The van der Waals surface area contributed by atoms with Crippen LogP contribution >= 0.6 is 0 Å². The fourth-order valence-electron chi connectivity index (χ4n) is 2.47. The molecule has 2 unspecified atom stereocenters. The molecule has 2 atom stereocenters. The monoisotopic (exact) mass is 264 g/mol. The third-order valence-corrected chi connectivity index (χ3v) is 3.24. The van der Waals surface area contributed by atoms with E-state index in [0.29, 0.717) is 6.04 Å². The van der Waals surface area contributed by atoms with Gasteiger partial charge in [0.25, 0.3) is 0 Å². The summed E-state index contributed by atoms with van der Waals surface area (Å²) in [7, 11) is 0. The van der Waals surface area contributed by atoms with E-state index in [4.69, 9.17) is 4.74 Å². The molecular formula is C16H28N2O. The van der Waals surface area contributed by atoms with Crippen LogP contribution in [0.5, 0.6) is 0 Å². The lowest BCUT2D eigenvalue weighted by Crippen LogP contribution is -2.49. The molecule has 3 heteroatoms. The first kappa shape index (κ1) is 16.1. The quantitative estimate of drug-likeness (QED) is 0.822. The van der Waals surface area contributed by atoms with Gasteiger partial charge in [0.05, 0.1) is 6.10 Å². The maximum atomic E-state index is 6.02. The van der Waals surface area contributed by atoms with E-state index in [0.717, 1.165) is 19.6 Å². The summed E-state index contributed by atoms with van der Waals surface area (Å²) in [5, 5.41) is 3.58. The summed E-state index contributed by atoms with van der Waals surface area (Å²) >= 11 is 0. The largest absolute Gasteiger partial charge is 0.376 e. The van der Waals surface area contributed by atoms with Crippen molar-refractivity contribution in [2.24, 2.45) is 5.41 Å². The molecule has 0 aromatic carbocycles. The van der Waals surface area contributed by atoms with Crippen LogP contribution < -0.4 is 5.32 Å². The number of nitrogens with one attached hydrogen (secondary N) is 1. The third-order valence-electron chi connectivity index (χ3n) is 3.24. The van der Waals surface area contributed by atoms with E-state index in [2.05, 4.69) is 57.1 Å². The minimum Gasteiger partial charge on any atom is -0.376 e. The highest BCUT2D eigenvalue weighted by atomic mass is 16.5.